The van der Waals surface area contributed by atoms with E-state index in [4.69, 9.17) is 9.47 Å². The van der Waals surface area contributed by atoms with E-state index in [0.717, 1.165) is 0 Å². The number of hydrogen-bond acceptors (Lipinski definition) is 4. The van der Waals surface area contributed by atoms with Crippen molar-refractivity contribution in [1.82, 2.24) is 4.85 Å². The number of hydrogen-bond donors (Lipinski definition) is 0. The maximum absolute atomic E-state index is 12.0. The van der Waals surface area contributed by atoms with Crippen LogP contribution in [0.25, 0.3) is 21.8 Å². The van der Waals surface area contributed by atoms with Gasteiger partial charge >= 0.3 is 0 Å². The van der Waals surface area contributed by atoms with Gasteiger partial charge in [0.2, 0.25) is 0 Å². The van der Waals surface area contributed by atoms with Crippen LogP contribution in [0.1, 0.15) is 0 Å². The van der Waals surface area contributed by atoms with Crippen LogP contribution in [-0.4, -0.2) is 19.1 Å². The SMILES string of the molecule is COc1ccc2c(c1)c1cc(OC)ccc1[n+](=O)n2[O-]. The molecule has 0 amide bonds. The van der Waals surface area contributed by atoms with Crippen LogP contribution in [-0.2, 0) is 0 Å². The maximum atomic E-state index is 12.0. The van der Waals surface area contributed by atoms with Crippen LogP contribution in [0.3, 0.4) is 0 Å². The van der Waals surface area contributed by atoms with Crippen LogP contribution in [0.5, 0.6) is 11.5 Å². The van der Waals surface area contributed by atoms with E-state index in [0.29, 0.717) is 31.7 Å². The Bertz CT molecular complexity index is 870. The molecule has 1 heterocycles. The van der Waals surface area contributed by atoms with Crippen molar-refractivity contribution in [2.75, 3.05) is 14.2 Å². The molecular weight excluding hydrogens is 260 g/mol. The van der Waals surface area contributed by atoms with Gasteiger partial charge in [-0.2, -0.15) is 0 Å². The lowest BCUT2D eigenvalue weighted by molar-refractivity contribution is -0.556. The number of benzene rings is 2. The minimum atomic E-state index is 0.279. The summed E-state index contributed by atoms with van der Waals surface area (Å²) in [5.74, 6) is 1.23. The first-order valence-electron chi connectivity index (χ1n) is 5.96. The van der Waals surface area contributed by atoms with E-state index in [1.807, 2.05) is 0 Å². The van der Waals surface area contributed by atoms with Gasteiger partial charge in [0.15, 0.2) is 4.54 Å². The van der Waals surface area contributed by atoms with Crippen LogP contribution in [0, 0.1) is 10.1 Å². The molecule has 0 bridgehead atoms. The lowest BCUT2D eigenvalue weighted by atomic mass is 10.1. The molecule has 0 radical (unpaired) electrons. The molecule has 0 fully saturated rings. The molecule has 0 saturated heterocycles. The third-order valence-electron chi connectivity index (χ3n) is 3.27. The van der Waals surface area contributed by atoms with E-state index in [1.165, 1.54) is 0 Å². The zero-order valence-electron chi connectivity index (χ0n) is 11.0. The van der Waals surface area contributed by atoms with E-state index in [2.05, 4.69) is 0 Å². The van der Waals surface area contributed by atoms with Gasteiger partial charge in [0.1, 0.15) is 17.0 Å². The van der Waals surface area contributed by atoms with Crippen molar-refractivity contribution in [3.05, 3.63) is 46.5 Å². The van der Waals surface area contributed by atoms with Crippen LogP contribution in [0.15, 0.2) is 36.4 Å². The summed E-state index contributed by atoms with van der Waals surface area (Å²) in [6.07, 6.45) is 0. The standard InChI is InChI=1S/C14H12N2O4/c1-19-9-3-5-13-11(7-9)12-8-10(20-2)4-6-14(12)16(18)15(13)17/h3-8H,1-2H3. The molecular formula is C14H12N2O4. The smallest absolute Gasteiger partial charge is 0.300 e. The Morgan fingerprint density at radius 2 is 1.60 bits per heavy atom. The molecule has 0 aliphatic carbocycles. The minimum Gasteiger partial charge on any atom is -0.755 e. The van der Waals surface area contributed by atoms with Gasteiger partial charge in [-0.3, -0.25) is 0 Å². The summed E-state index contributed by atoms with van der Waals surface area (Å²) in [5.41, 5.74) is 0.558. The van der Waals surface area contributed by atoms with Gasteiger partial charge in [-0.15, -0.1) is 4.85 Å². The summed E-state index contributed by atoms with van der Waals surface area (Å²) in [6.45, 7) is 0. The lowest BCUT2D eigenvalue weighted by Gasteiger charge is -2.09. The highest BCUT2D eigenvalue weighted by Gasteiger charge is 2.15. The van der Waals surface area contributed by atoms with E-state index < -0.39 is 0 Å². The van der Waals surface area contributed by atoms with Crippen molar-refractivity contribution < 1.29 is 14.0 Å². The second-order valence-corrected chi connectivity index (χ2v) is 4.31. The molecule has 0 saturated carbocycles. The largest absolute Gasteiger partial charge is 0.755 e. The van der Waals surface area contributed by atoms with Crippen molar-refractivity contribution in [3.63, 3.8) is 0 Å². The Hall–Kier alpha value is -2.76. The predicted molar refractivity (Wildman–Crippen MR) is 74.7 cm³/mol. The molecule has 2 aromatic carbocycles. The molecule has 0 aliphatic rings. The first-order chi connectivity index (χ1) is 9.65. The van der Waals surface area contributed by atoms with Crippen molar-refractivity contribution >= 4 is 21.8 Å². The molecule has 102 valence electrons. The predicted octanol–water partition coefficient (Wildman–Crippen LogP) is 2.07. The highest BCUT2D eigenvalue weighted by atomic mass is 16.5. The number of fused-ring (bicyclic) bond motifs is 3. The fourth-order valence-electron chi connectivity index (χ4n) is 2.25. The molecule has 0 unspecified atom stereocenters. The average molecular weight is 272 g/mol. The van der Waals surface area contributed by atoms with Gasteiger partial charge in [-0.1, -0.05) is 0 Å². The lowest BCUT2D eigenvalue weighted by Crippen LogP contribution is -2.28. The fraction of sp³-hybridized carbons (Fsp3) is 0.143. The van der Waals surface area contributed by atoms with Gasteiger partial charge in [0.05, 0.1) is 24.5 Å². The zero-order chi connectivity index (χ0) is 14.3. The second kappa shape index (κ2) is 4.41. The first-order valence-corrected chi connectivity index (χ1v) is 5.96. The van der Waals surface area contributed by atoms with E-state index in [1.54, 1.807) is 50.6 Å². The number of ether oxygens (including phenoxy) is 2. The van der Waals surface area contributed by atoms with Gasteiger partial charge in [-0.25, -0.2) is 0 Å². The summed E-state index contributed by atoms with van der Waals surface area (Å²) < 4.78 is 10.7. The van der Waals surface area contributed by atoms with Crippen molar-refractivity contribution in [1.29, 1.82) is 0 Å². The van der Waals surface area contributed by atoms with Crippen molar-refractivity contribution in [2.24, 2.45) is 0 Å². The third kappa shape index (κ3) is 1.65. The number of nitrogens with zero attached hydrogens (tertiary/aromatic N) is 2. The molecule has 3 rings (SSSR count). The second-order valence-electron chi connectivity index (χ2n) is 4.31. The first kappa shape index (κ1) is 12.3. The summed E-state index contributed by atoms with van der Waals surface area (Å²) >= 11 is 0. The topological polar surface area (TPSA) is 69.4 Å². The zero-order valence-corrected chi connectivity index (χ0v) is 11.0. The third-order valence-corrected chi connectivity index (χ3v) is 3.27. The Kier molecular flexibility index (Phi) is 2.71. The highest BCUT2D eigenvalue weighted by molar-refractivity contribution is 6.03. The summed E-state index contributed by atoms with van der Waals surface area (Å²) in [7, 11) is 3.10. The quantitative estimate of drug-likeness (QED) is 0.529. The Labute approximate surface area is 113 Å². The van der Waals surface area contributed by atoms with Gasteiger partial charge < -0.3 is 14.7 Å². The van der Waals surface area contributed by atoms with Crippen LogP contribution in [0.2, 0.25) is 0 Å². The summed E-state index contributed by atoms with van der Waals surface area (Å²) in [5, 5.41) is 13.3. The monoisotopic (exact) mass is 272 g/mol. The van der Waals surface area contributed by atoms with Gasteiger partial charge in [0, 0.05) is 11.5 Å². The number of aromatic nitrogens is 2. The molecule has 0 spiro atoms. The molecule has 0 aliphatic heterocycles. The Morgan fingerprint density at radius 1 is 1.00 bits per heavy atom. The Morgan fingerprint density at radius 3 is 2.25 bits per heavy atom. The molecule has 0 atom stereocenters. The summed E-state index contributed by atoms with van der Waals surface area (Å²) in [4.78, 5) is 12.3. The van der Waals surface area contributed by atoms with Crippen molar-refractivity contribution in [3.8, 4) is 11.5 Å². The molecule has 6 nitrogen and oxygen atoms in total. The molecule has 6 heteroatoms. The number of methoxy groups -OCH3 is 2. The maximum Gasteiger partial charge on any atom is 0.300 e. The van der Waals surface area contributed by atoms with Crippen LogP contribution in [0.4, 0.5) is 0 Å². The minimum absolute atomic E-state index is 0.279. The normalized spacial score (nSPS) is 10.9. The molecule has 20 heavy (non-hydrogen) atoms. The van der Waals surface area contributed by atoms with Gasteiger partial charge in [0.25, 0.3) is 5.52 Å². The summed E-state index contributed by atoms with van der Waals surface area (Å²) in [6, 6.07) is 9.87. The Balaban J connectivity index is 2.55. The van der Waals surface area contributed by atoms with E-state index in [-0.39, 0.29) is 11.0 Å². The van der Waals surface area contributed by atoms with Gasteiger partial charge in [-0.05, 0) is 30.3 Å². The fourth-order valence-corrected chi connectivity index (χ4v) is 2.25. The van der Waals surface area contributed by atoms with Crippen LogP contribution < -0.4 is 14.0 Å². The molecule has 0 N–H and O–H groups in total. The van der Waals surface area contributed by atoms with Crippen LogP contribution >= 0.6 is 0 Å². The molecule has 3 aromatic rings. The molecule has 1 aromatic heterocycles. The number of rotatable bonds is 2. The average Bonchev–Trinajstić information content (AvgIpc) is 2.51. The van der Waals surface area contributed by atoms with Crippen molar-refractivity contribution in [2.45, 2.75) is 0 Å². The van der Waals surface area contributed by atoms with E-state index >= 15 is 0 Å². The highest BCUT2D eigenvalue weighted by Crippen LogP contribution is 2.28. The van der Waals surface area contributed by atoms with E-state index in [9.17, 15) is 10.1 Å².